The Bertz CT molecular complexity index is 516. The van der Waals surface area contributed by atoms with E-state index < -0.39 is 6.04 Å². The van der Waals surface area contributed by atoms with E-state index in [-0.39, 0.29) is 17.9 Å². The number of nitrogens with one attached hydrogen (secondary N) is 2. The molecule has 0 aromatic heterocycles. The zero-order valence-corrected chi connectivity index (χ0v) is 13.5. The van der Waals surface area contributed by atoms with Gasteiger partial charge < -0.3 is 15.5 Å². The second-order valence-corrected chi connectivity index (χ2v) is 6.20. The summed E-state index contributed by atoms with van der Waals surface area (Å²) in [5.41, 5.74) is 0.565. The molecule has 5 heteroatoms. The Hall–Kier alpha value is -1.88. The van der Waals surface area contributed by atoms with Crippen LogP contribution >= 0.6 is 0 Å². The molecule has 0 saturated heterocycles. The molecule has 0 spiro atoms. The minimum absolute atomic E-state index is 0.117. The number of hydrogen-bond donors (Lipinski definition) is 2. The average Bonchev–Trinajstić information content (AvgIpc) is 2.96. The van der Waals surface area contributed by atoms with Gasteiger partial charge in [0.25, 0.3) is 5.91 Å². The van der Waals surface area contributed by atoms with E-state index in [1.54, 1.807) is 31.2 Å². The van der Waals surface area contributed by atoms with E-state index in [0.29, 0.717) is 11.6 Å². The van der Waals surface area contributed by atoms with E-state index in [2.05, 4.69) is 29.6 Å². The lowest BCUT2D eigenvalue weighted by atomic mass is 10.2. The third-order valence-corrected chi connectivity index (χ3v) is 4.26. The molecule has 0 aliphatic heterocycles. The molecular weight excluding hydrogens is 278 g/mol. The zero-order chi connectivity index (χ0) is 16.1. The average molecular weight is 303 g/mol. The number of carbonyl (C=O) groups excluding carboxylic acids is 2. The lowest BCUT2D eigenvalue weighted by molar-refractivity contribution is -0.123. The number of nitrogens with zero attached hydrogens (tertiary/aromatic N) is 1. The summed E-state index contributed by atoms with van der Waals surface area (Å²) in [6, 6.07) is 9.13. The Morgan fingerprint density at radius 2 is 1.86 bits per heavy atom. The van der Waals surface area contributed by atoms with Crippen molar-refractivity contribution in [2.45, 2.75) is 44.3 Å². The molecule has 1 aliphatic carbocycles. The summed E-state index contributed by atoms with van der Waals surface area (Å²) in [5.74, 6) is -0.338. The predicted molar refractivity (Wildman–Crippen MR) is 86.6 cm³/mol. The predicted octanol–water partition coefficient (Wildman–Crippen LogP) is 1.40. The van der Waals surface area contributed by atoms with Gasteiger partial charge in [0.15, 0.2) is 0 Å². The van der Waals surface area contributed by atoms with Gasteiger partial charge in [0.05, 0.1) is 0 Å². The molecule has 120 valence electrons. The summed E-state index contributed by atoms with van der Waals surface area (Å²) in [6.45, 7) is 1.72. The van der Waals surface area contributed by atoms with Gasteiger partial charge in [-0.2, -0.15) is 0 Å². The smallest absolute Gasteiger partial charge is 0.251 e. The first-order valence-corrected chi connectivity index (χ1v) is 7.80. The van der Waals surface area contributed by atoms with Crippen molar-refractivity contribution in [2.75, 3.05) is 14.1 Å². The molecule has 2 N–H and O–H groups in total. The van der Waals surface area contributed by atoms with E-state index in [1.807, 2.05) is 6.07 Å². The second-order valence-electron chi connectivity index (χ2n) is 6.20. The first kappa shape index (κ1) is 16.5. The molecule has 3 atom stereocenters. The molecule has 5 nitrogen and oxygen atoms in total. The van der Waals surface area contributed by atoms with Crippen molar-refractivity contribution in [3.8, 4) is 0 Å². The Morgan fingerprint density at radius 3 is 2.45 bits per heavy atom. The minimum atomic E-state index is -0.536. The molecule has 0 radical (unpaired) electrons. The Labute approximate surface area is 132 Å². The van der Waals surface area contributed by atoms with Crippen LogP contribution in [-0.2, 0) is 4.79 Å². The number of benzene rings is 1. The molecule has 2 amide bonds. The molecule has 3 unspecified atom stereocenters. The molecule has 1 fully saturated rings. The highest BCUT2D eigenvalue weighted by Gasteiger charge is 2.28. The first-order valence-electron chi connectivity index (χ1n) is 7.80. The Morgan fingerprint density at radius 1 is 1.18 bits per heavy atom. The number of rotatable bonds is 5. The molecule has 22 heavy (non-hydrogen) atoms. The molecule has 1 aromatic carbocycles. The molecule has 1 aliphatic rings. The van der Waals surface area contributed by atoms with Gasteiger partial charge in [0.2, 0.25) is 5.91 Å². The van der Waals surface area contributed by atoms with Crippen LogP contribution in [0, 0.1) is 0 Å². The van der Waals surface area contributed by atoms with Gasteiger partial charge in [-0.3, -0.25) is 9.59 Å². The topological polar surface area (TPSA) is 61.4 Å². The van der Waals surface area contributed by atoms with Crippen LogP contribution in [-0.4, -0.2) is 48.9 Å². The summed E-state index contributed by atoms with van der Waals surface area (Å²) >= 11 is 0. The van der Waals surface area contributed by atoms with Crippen LogP contribution in [0.3, 0.4) is 0 Å². The summed E-state index contributed by atoms with van der Waals surface area (Å²) in [7, 11) is 4.13. The van der Waals surface area contributed by atoms with E-state index >= 15 is 0 Å². The molecule has 0 bridgehead atoms. The maximum absolute atomic E-state index is 12.2. The standard InChI is InChI=1S/C17H25N3O2/c1-12(18-17(22)13-7-5-4-6-8-13)16(21)19-14-9-10-15(11-14)20(2)3/h4-8,12,14-15H,9-11H2,1-3H3,(H,18,22)(H,19,21). The van der Waals surface area contributed by atoms with Crippen molar-refractivity contribution in [1.29, 1.82) is 0 Å². The lowest BCUT2D eigenvalue weighted by Gasteiger charge is -2.20. The van der Waals surface area contributed by atoms with Crippen LogP contribution in [0.1, 0.15) is 36.5 Å². The Kier molecular flexibility index (Phi) is 5.55. The maximum Gasteiger partial charge on any atom is 0.251 e. The summed E-state index contributed by atoms with van der Waals surface area (Å²) in [5, 5.41) is 5.78. The van der Waals surface area contributed by atoms with Crippen molar-refractivity contribution in [2.24, 2.45) is 0 Å². The fraction of sp³-hybridized carbons (Fsp3) is 0.529. The van der Waals surface area contributed by atoms with Crippen LogP contribution in [0.4, 0.5) is 0 Å². The monoisotopic (exact) mass is 303 g/mol. The number of amides is 2. The van der Waals surface area contributed by atoms with Gasteiger partial charge in [-0.1, -0.05) is 18.2 Å². The quantitative estimate of drug-likeness (QED) is 0.864. The fourth-order valence-electron chi connectivity index (χ4n) is 2.82. The van der Waals surface area contributed by atoms with E-state index in [1.165, 1.54) is 0 Å². The van der Waals surface area contributed by atoms with Crippen molar-refractivity contribution < 1.29 is 9.59 Å². The van der Waals surface area contributed by atoms with Crippen LogP contribution in [0.5, 0.6) is 0 Å². The highest BCUT2D eigenvalue weighted by Crippen LogP contribution is 2.22. The van der Waals surface area contributed by atoms with E-state index in [0.717, 1.165) is 19.3 Å². The fourth-order valence-corrected chi connectivity index (χ4v) is 2.82. The number of carbonyl (C=O) groups is 2. The third kappa shape index (κ3) is 4.31. The van der Waals surface area contributed by atoms with Gasteiger partial charge in [-0.05, 0) is 52.4 Å². The van der Waals surface area contributed by atoms with Crippen LogP contribution in [0.15, 0.2) is 30.3 Å². The van der Waals surface area contributed by atoms with Crippen LogP contribution in [0.25, 0.3) is 0 Å². The maximum atomic E-state index is 12.2. The summed E-state index contributed by atoms with van der Waals surface area (Å²) in [4.78, 5) is 26.4. The molecule has 2 rings (SSSR count). The van der Waals surface area contributed by atoms with E-state index in [4.69, 9.17) is 0 Å². The minimum Gasteiger partial charge on any atom is -0.352 e. The van der Waals surface area contributed by atoms with Crippen molar-refractivity contribution in [3.63, 3.8) is 0 Å². The van der Waals surface area contributed by atoms with Crippen LogP contribution in [0.2, 0.25) is 0 Å². The normalized spacial score (nSPS) is 22.4. The highest BCUT2D eigenvalue weighted by molar-refractivity contribution is 5.97. The lowest BCUT2D eigenvalue weighted by Crippen LogP contribution is -2.47. The van der Waals surface area contributed by atoms with Crippen molar-refractivity contribution >= 4 is 11.8 Å². The van der Waals surface area contributed by atoms with Crippen molar-refractivity contribution in [3.05, 3.63) is 35.9 Å². The Balaban J connectivity index is 1.81. The van der Waals surface area contributed by atoms with Crippen LogP contribution < -0.4 is 10.6 Å². The summed E-state index contributed by atoms with van der Waals surface area (Å²) < 4.78 is 0. The third-order valence-electron chi connectivity index (χ3n) is 4.26. The molecule has 1 saturated carbocycles. The second kappa shape index (κ2) is 7.40. The number of hydrogen-bond acceptors (Lipinski definition) is 3. The van der Waals surface area contributed by atoms with E-state index in [9.17, 15) is 9.59 Å². The van der Waals surface area contributed by atoms with Gasteiger partial charge in [0.1, 0.15) is 6.04 Å². The van der Waals surface area contributed by atoms with Gasteiger partial charge in [-0.15, -0.1) is 0 Å². The van der Waals surface area contributed by atoms with Gasteiger partial charge in [0, 0.05) is 17.6 Å². The first-order chi connectivity index (χ1) is 10.5. The molecule has 1 aromatic rings. The zero-order valence-electron chi connectivity index (χ0n) is 13.5. The highest BCUT2D eigenvalue weighted by atomic mass is 16.2. The molecular formula is C17H25N3O2. The van der Waals surface area contributed by atoms with Gasteiger partial charge >= 0.3 is 0 Å². The largest absolute Gasteiger partial charge is 0.352 e. The molecule has 0 heterocycles. The SMILES string of the molecule is CC(NC(=O)c1ccccc1)C(=O)NC1CCC(N(C)C)C1. The summed E-state index contributed by atoms with van der Waals surface area (Å²) in [6.07, 6.45) is 3.06. The van der Waals surface area contributed by atoms with Crippen molar-refractivity contribution in [1.82, 2.24) is 15.5 Å². The van der Waals surface area contributed by atoms with Gasteiger partial charge in [-0.25, -0.2) is 0 Å².